The summed E-state index contributed by atoms with van der Waals surface area (Å²) in [5.41, 5.74) is 3.15. The second-order valence-electron chi connectivity index (χ2n) is 5.45. The van der Waals surface area contributed by atoms with E-state index in [0.717, 1.165) is 16.7 Å². The van der Waals surface area contributed by atoms with Crippen LogP contribution in [0.4, 0.5) is 4.39 Å². The van der Waals surface area contributed by atoms with Crippen LogP contribution in [0, 0.1) is 24.1 Å². The summed E-state index contributed by atoms with van der Waals surface area (Å²) in [4.78, 5) is 18.9. The summed E-state index contributed by atoms with van der Waals surface area (Å²) >= 11 is 1.30. The van der Waals surface area contributed by atoms with E-state index in [2.05, 4.69) is 9.97 Å². The van der Waals surface area contributed by atoms with Gasteiger partial charge in [-0.15, -0.1) is 0 Å². The molecule has 6 heteroatoms. The molecule has 1 aromatic heterocycles. The fraction of sp³-hybridized carbons (Fsp3) is 0.105. The Hall–Kier alpha value is -2.91. The number of H-pyrrole nitrogens is 1. The third kappa shape index (κ3) is 3.32. The Morgan fingerprint density at radius 3 is 2.48 bits per heavy atom. The fourth-order valence-corrected chi connectivity index (χ4v) is 2.95. The van der Waals surface area contributed by atoms with Crippen molar-refractivity contribution >= 4 is 11.8 Å². The Balaban J connectivity index is 2.10. The van der Waals surface area contributed by atoms with Gasteiger partial charge >= 0.3 is 0 Å². The number of halogens is 1. The first-order chi connectivity index (χ1) is 12.0. The number of nitrogens with zero attached hydrogens (tertiary/aromatic N) is 2. The first kappa shape index (κ1) is 16.9. The molecule has 25 heavy (non-hydrogen) atoms. The highest BCUT2D eigenvalue weighted by Crippen LogP contribution is 2.28. The fourth-order valence-electron chi connectivity index (χ4n) is 2.57. The maximum absolute atomic E-state index is 13.5. The molecule has 0 fully saturated rings. The molecule has 1 heterocycles. The molecule has 0 atom stereocenters. The van der Waals surface area contributed by atoms with Gasteiger partial charge in [-0.05, 0) is 42.0 Å². The van der Waals surface area contributed by atoms with Gasteiger partial charge in [0.05, 0.1) is 5.69 Å². The van der Waals surface area contributed by atoms with Gasteiger partial charge in [0.25, 0.3) is 5.56 Å². The van der Waals surface area contributed by atoms with Gasteiger partial charge in [0, 0.05) is 5.56 Å². The lowest BCUT2D eigenvalue weighted by Gasteiger charge is -2.09. The Morgan fingerprint density at radius 2 is 1.84 bits per heavy atom. The van der Waals surface area contributed by atoms with Crippen molar-refractivity contribution in [3.8, 4) is 28.5 Å². The van der Waals surface area contributed by atoms with Gasteiger partial charge in [0.15, 0.2) is 5.16 Å². The standard InChI is InChI=1S/C19H14FN3OS/c1-11-3-8-14(20)9-15(11)12-4-6-13(7-5-12)17-16(10-21)18(24)23-19(22-17)25-2/h3-9H,1-2H3,(H,22,23,24). The largest absolute Gasteiger partial charge is 0.300 e. The number of benzene rings is 2. The SMILES string of the molecule is CSc1nc(-c2ccc(-c3cc(F)ccc3C)cc2)c(C#N)c(=O)[nH]1. The highest BCUT2D eigenvalue weighted by Gasteiger charge is 2.13. The van der Waals surface area contributed by atoms with E-state index in [1.165, 1.54) is 23.9 Å². The maximum Gasteiger partial charge on any atom is 0.270 e. The average Bonchev–Trinajstić information content (AvgIpc) is 2.63. The number of aromatic nitrogens is 2. The van der Waals surface area contributed by atoms with Crippen molar-refractivity contribution in [2.24, 2.45) is 0 Å². The van der Waals surface area contributed by atoms with Crippen LogP contribution in [0.1, 0.15) is 11.1 Å². The second kappa shape index (κ2) is 6.91. The molecule has 0 amide bonds. The highest BCUT2D eigenvalue weighted by molar-refractivity contribution is 7.98. The van der Waals surface area contributed by atoms with E-state index in [9.17, 15) is 14.4 Å². The number of aryl methyl sites for hydroxylation is 1. The van der Waals surface area contributed by atoms with E-state index >= 15 is 0 Å². The van der Waals surface area contributed by atoms with Crippen molar-refractivity contribution in [3.63, 3.8) is 0 Å². The minimum atomic E-state index is -0.457. The third-order valence-corrected chi connectivity index (χ3v) is 4.45. The van der Waals surface area contributed by atoms with Crippen LogP contribution < -0.4 is 5.56 Å². The van der Waals surface area contributed by atoms with Crippen molar-refractivity contribution in [1.82, 2.24) is 9.97 Å². The van der Waals surface area contributed by atoms with E-state index in [1.54, 1.807) is 24.5 Å². The molecule has 0 saturated heterocycles. The zero-order chi connectivity index (χ0) is 18.0. The molecule has 3 aromatic rings. The van der Waals surface area contributed by atoms with Crippen LogP contribution in [0.3, 0.4) is 0 Å². The van der Waals surface area contributed by atoms with Crippen LogP contribution in [0.5, 0.6) is 0 Å². The van der Waals surface area contributed by atoms with Crippen LogP contribution in [0.25, 0.3) is 22.4 Å². The monoisotopic (exact) mass is 351 g/mol. The molecule has 124 valence electrons. The molecule has 4 nitrogen and oxygen atoms in total. The van der Waals surface area contributed by atoms with Crippen molar-refractivity contribution in [3.05, 3.63) is 69.8 Å². The van der Waals surface area contributed by atoms with Gasteiger partial charge in [0.2, 0.25) is 0 Å². The summed E-state index contributed by atoms with van der Waals surface area (Å²) in [7, 11) is 0. The smallest absolute Gasteiger partial charge is 0.270 e. The minimum Gasteiger partial charge on any atom is -0.300 e. The number of thioether (sulfide) groups is 1. The molecule has 0 aliphatic heterocycles. The Labute approximate surface area is 148 Å². The molecule has 2 aromatic carbocycles. The number of nitrogens with one attached hydrogen (secondary N) is 1. The van der Waals surface area contributed by atoms with Crippen LogP contribution in [-0.2, 0) is 0 Å². The lowest BCUT2D eigenvalue weighted by molar-refractivity contribution is 0.628. The van der Waals surface area contributed by atoms with E-state index < -0.39 is 5.56 Å². The Bertz CT molecular complexity index is 1040. The summed E-state index contributed by atoms with van der Waals surface area (Å²) in [5, 5.41) is 9.71. The van der Waals surface area contributed by atoms with Crippen molar-refractivity contribution in [2.45, 2.75) is 12.1 Å². The second-order valence-corrected chi connectivity index (χ2v) is 6.24. The molecule has 0 aliphatic rings. The number of nitriles is 1. The number of aromatic amines is 1. The zero-order valence-corrected chi connectivity index (χ0v) is 14.4. The van der Waals surface area contributed by atoms with Crippen molar-refractivity contribution in [2.75, 3.05) is 6.26 Å². The van der Waals surface area contributed by atoms with Gasteiger partial charge in [-0.25, -0.2) is 9.37 Å². The third-order valence-electron chi connectivity index (χ3n) is 3.87. The summed E-state index contributed by atoms with van der Waals surface area (Å²) in [5.74, 6) is -0.294. The first-order valence-corrected chi connectivity index (χ1v) is 8.71. The van der Waals surface area contributed by atoms with Gasteiger partial charge in [-0.3, -0.25) is 4.79 Å². The summed E-state index contributed by atoms with van der Waals surface area (Å²) in [6.45, 7) is 1.92. The van der Waals surface area contributed by atoms with E-state index in [0.29, 0.717) is 16.4 Å². The van der Waals surface area contributed by atoms with Crippen molar-refractivity contribution in [1.29, 1.82) is 5.26 Å². The van der Waals surface area contributed by atoms with Gasteiger partial charge in [0.1, 0.15) is 17.4 Å². The van der Waals surface area contributed by atoms with E-state index in [-0.39, 0.29) is 11.4 Å². The number of hydrogen-bond acceptors (Lipinski definition) is 4. The van der Waals surface area contributed by atoms with E-state index in [1.807, 2.05) is 25.1 Å². The molecule has 0 saturated carbocycles. The normalized spacial score (nSPS) is 10.5. The van der Waals surface area contributed by atoms with Crippen LogP contribution in [0.15, 0.2) is 52.4 Å². The molecule has 3 rings (SSSR count). The maximum atomic E-state index is 13.5. The topological polar surface area (TPSA) is 69.5 Å². The van der Waals surface area contributed by atoms with Crippen molar-refractivity contribution < 1.29 is 4.39 Å². The minimum absolute atomic E-state index is 0.0208. The Kier molecular flexibility index (Phi) is 4.68. The molecule has 0 radical (unpaired) electrons. The first-order valence-electron chi connectivity index (χ1n) is 7.49. The molecule has 0 bridgehead atoms. The summed E-state index contributed by atoms with van der Waals surface area (Å²) < 4.78 is 13.5. The molecule has 1 N–H and O–H groups in total. The van der Waals surface area contributed by atoms with Gasteiger partial charge in [-0.1, -0.05) is 42.1 Å². The molecule has 0 spiro atoms. The van der Waals surface area contributed by atoms with Gasteiger partial charge in [-0.2, -0.15) is 5.26 Å². The number of hydrogen-bond donors (Lipinski definition) is 1. The van der Waals surface area contributed by atoms with E-state index in [4.69, 9.17) is 0 Å². The van der Waals surface area contributed by atoms with Crippen LogP contribution in [-0.4, -0.2) is 16.2 Å². The predicted molar refractivity (Wildman–Crippen MR) is 96.9 cm³/mol. The lowest BCUT2D eigenvalue weighted by Crippen LogP contribution is -2.14. The molecular formula is C19H14FN3OS. The zero-order valence-electron chi connectivity index (χ0n) is 13.6. The predicted octanol–water partition coefficient (Wildman–Crippen LogP) is 4.15. The Morgan fingerprint density at radius 1 is 1.16 bits per heavy atom. The molecular weight excluding hydrogens is 337 g/mol. The summed E-state index contributed by atoms with van der Waals surface area (Å²) in [6.07, 6.45) is 1.80. The molecule has 0 unspecified atom stereocenters. The highest BCUT2D eigenvalue weighted by atomic mass is 32.2. The van der Waals surface area contributed by atoms with Crippen LogP contribution >= 0.6 is 11.8 Å². The van der Waals surface area contributed by atoms with Gasteiger partial charge < -0.3 is 4.98 Å². The average molecular weight is 351 g/mol. The summed E-state index contributed by atoms with van der Waals surface area (Å²) in [6, 6.07) is 13.8. The lowest BCUT2D eigenvalue weighted by atomic mass is 9.98. The number of rotatable bonds is 3. The quantitative estimate of drug-likeness (QED) is 0.569. The molecule has 0 aliphatic carbocycles. The van der Waals surface area contributed by atoms with Crippen LogP contribution in [0.2, 0.25) is 0 Å².